The lowest BCUT2D eigenvalue weighted by Crippen LogP contribution is -2.23. The fourth-order valence-electron chi connectivity index (χ4n) is 3.78. The number of hydrogen-bond donors (Lipinski definition) is 0. The summed E-state index contributed by atoms with van der Waals surface area (Å²) in [5, 5.41) is 2.55. The Balaban J connectivity index is 1.52. The van der Waals surface area contributed by atoms with Crippen molar-refractivity contribution in [3.05, 3.63) is 103 Å². The normalized spacial score (nSPS) is 16.4. The summed E-state index contributed by atoms with van der Waals surface area (Å²) in [5.41, 5.74) is 3.93. The molecule has 0 unspecified atom stereocenters. The summed E-state index contributed by atoms with van der Waals surface area (Å²) in [6, 6.07) is 21.7. The second-order valence-electron chi connectivity index (χ2n) is 7.83. The van der Waals surface area contributed by atoms with Crippen molar-refractivity contribution in [2.24, 2.45) is 4.99 Å². The number of carbonyl (C=O) groups is 1. The number of carbonyl (C=O) groups excluding carboxylic acids is 1. The van der Waals surface area contributed by atoms with E-state index in [2.05, 4.69) is 56.0 Å². The third-order valence-electron chi connectivity index (χ3n) is 5.49. The van der Waals surface area contributed by atoms with Crippen LogP contribution in [0.2, 0.25) is 10.0 Å². The molecular formula is C26H18BrCl2N3OS. The van der Waals surface area contributed by atoms with Crippen LogP contribution in [0, 0.1) is 0 Å². The highest BCUT2D eigenvalue weighted by atomic mass is 79.9. The molecule has 0 saturated carbocycles. The average molecular weight is 571 g/mol. The third-order valence-corrected chi connectivity index (χ3v) is 7.78. The Morgan fingerprint density at radius 3 is 2.59 bits per heavy atom. The van der Waals surface area contributed by atoms with E-state index in [-0.39, 0.29) is 5.91 Å². The second kappa shape index (κ2) is 9.62. The van der Waals surface area contributed by atoms with Gasteiger partial charge in [-0.25, -0.2) is 4.99 Å². The number of fused-ring (bicyclic) bond motifs is 1. The van der Waals surface area contributed by atoms with Crippen molar-refractivity contribution < 1.29 is 4.79 Å². The summed E-state index contributed by atoms with van der Waals surface area (Å²) < 4.78 is 3.20. The summed E-state index contributed by atoms with van der Waals surface area (Å²) >= 11 is 17.1. The van der Waals surface area contributed by atoms with Crippen LogP contribution in [0.3, 0.4) is 0 Å². The van der Waals surface area contributed by atoms with Gasteiger partial charge in [0, 0.05) is 40.7 Å². The van der Waals surface area contributed by atoms with Crippen molar-refractivity contribution in [1.82, 2.24) is 9.47 Å². The molecule has 4 aromatic rings. The zero-order valence-corrected chi connectivity index (χ0v) is 21.9. The fourth-order valence-corrected chi connectivity index (χ4v) is 5.41. The first-order chi connectivity index (χ1) is 16.4. The van der Waals surface area contributed by atoms with Crippen molar-refractivity contribution in [1.29, 1.82) is 0 Å². The molecule has 34 heavy (non-hydrogen) atoms. The van der Waals surface area contributed by atoms with Gasteiger partial charge in [0.1, 0.15) is 0 Å². The number of nitrogens with zero attached hydrogens (tertiary/aromatic N) is 3. The van der Waals surface area contributed by atoms with E-state index in [1.807, 2.05) is 30.3 Å². The zero-order valence-electron chi connectivity index (χ0n) is 18.0. The van der Waals surface area contributed by atoms with E-state index in [0.717, 1.165) is 27.5 Å². The van der Waals surface area contributed by atoms with Crippen LogP contribution < -0.4 is 0 Å². The van der Waals surface area contributed by atoms with Gasteiger partial charge in [-0.1, -0.05) is 69.5 Å². The molecule has 2 heterocycles. The van der Waals surface area contributed by atoms with Crippen molar-refractivity contribution in [3.8, 4) is 0 Å². The lowest BCUT2D eigenvalue weighted by atomic mass is 10.1. The summed E-state index contributed by atoms with van der Waals surface area (Å²) in [4.78, 5) is 19.8. The first-order valence-corrected chi connectivity index (χ1v) is 12.8. The van der Waals surface area contributed by atoms with Crippen molar-refractivity contribution in [3.63, 3.8) is 0 Å². The fraction of sp³-hybridized carbons (Fsp3) is 0.0769. The van der Waals surface area contributed by atoms with Gasteiger partial charge in [0.05, 0.1) is 20.6 Å². The van der Waals surface area contributed by atoms with Crippen molar-refractivity contribution >= 4 is 84.6 Å². The Hall–Kier alpha value is -2.51. The minimum Gasteiger partial charge on any atom is -0.342 e. The Kier molecular flexibility index (Phi) is 6.58. The van der Waals surface area contributed by atoms with E-state index < -0.39 is 0 Å². The molecule has 0 atom stereocenters. The number of aliphatic imine (C=N–C) groups is 1. The number of halogens is 3. The Morgan fingerprint density at radius 2 is 1.82 bits per heavy atom. The van der Waals surface area contributed by atoms with Gasteiger partial charge in [-0.15, -0.1) is 0 Å². The molecule has 5 rings (SSSR count). The number of hydrogen-bond acceptors (Lipinski definition) is 3. The standard InChI is InChI=1S/C26H18BrCl2N3OS/c1-31-25(33)24(34-26(31)30-19-8-9-21(28)22(29)13-19)11-17-15-32(14-16-5-3-2-4-6-16)23-10-7-18(27)12-20(17)23/h2-13,15H,14H2,1H3/b24-11-,30-26?. The lowest BCUT2D eigenvalue weighted by Gasteiger charge is -2.07. The van der Waals surface area contributed by atoms with Gasteiger partial charge in [0.15, 0.2) is 5.17 Å². The molecule has 1 aromatic heterocycles. The molecule has 170 valence electrons. The Bertz CT molecular complexity index is 1480. The van der Waals surface area contributed by atoms with E-state index in [4.69, 9.17) is 23.2 Å². The number of amides is 1. The first kappa shape index (κ1) is 23.2. The molecular weight excluding hydrogens is 553 g/mol. The molecule has 0 N–H and O–H groups in total. The van der Waals surface area contributed by atoms with Gasteiger partial charge in [-0.3, -0.25) is 9.69 Å². The van der Waals surface area contributed by atoms with E-state index in [0.29, 0.717) is 25.8 Å². The van der Waals surface area contributed by atoms with E-state index in [1.165, 1.54) is 17.3 Å². The molecule has 8 heteroatoms. The van der Waals surface area contributed by atoms with Crippen LogP contribution in [0.5, 0.6) is 0 Å². The van der Waals surface area contributed by atoms with Gasteiger partial charge < -0.3 is 4.57 Å². The Morgan fingerprint density at radius 1 is 1.03 bits per heavy atom. The van der Waals surface area contributed by atoms with Gasteiger partial charge in [-0.2, -0.15) is 0 Å². The monoisotopic (exact) mass is 569 g/mol. The van der Waals surface area contributed by atoms with E-state index in [1.54, 1.807) is 30.1 Å². The summed E-state index contributed by atoms with van der Waals surface area (Å²) in [6.45, 7) is 0.743. The van der Waals surface area contributed by atoms with Gasteiger partial charge in [-0.05, 0) is 59.8 Å². The van der Waals surface area contributed by atoms with Gasteiger partial charge >= 0.3 is 0 Å². The molecule has 0 bridgehead atoms. The Labute approximate surface area is 220 Å². The van der Waals surface area contributed by atoms with E-state index in [9.17, 15) is 4.79 Å². The SMILES string of the molecule is CN1C(=O)/C(=C/c2cn(Cc3ccccc3)c3ccc(Br)cc23)SC1=Nc1ccc(Cl)c(Cl)c1. The van der Waals surface area contributed by atoms with E-state index >= 15 is 0 Å². The molecule has 1 amide bonds. The minimum absolute atomic E-state index is 0.0947. The highest BCUT2D eigenvalue weighted by Gasteiger charge is 2.30. The molecule has 1 aliphatic heterocycles. The topological polar surface area (TPSA) is 37.6 Å². The highest BCUT2D eigenvalue weighted by Crippen LogP contribution is 2.36. The van der Waals surface area contributed by atoms with Crippen LogP contribution in [0.4, 0.5) is 5.69 Å². The molecule has 0 spiro atoms. The number of aromatic nitrogens is 1. The molecule has 1 saturated heterocycles. The molecule has 4 nitrogen and oxygen atoms in total. The molecule has 1 fully saturated rings. The number of rotatable bonds is 4. The van der Waals surface area contributed by atoms with Crippen LogP contribution in [-0.2, 0) is 11.3 Å². The van der Waals surface area contributed by atoms with Crippen LogP contribution in [0.15, 0.2) is 87.3 Å². The maximum absolute atomic E-state index is 13.0. The van der Waals surface area contributed by atoms with Crippen molar-refractivity contribution in [2.45, 2.75) is 6.54 Å². The number of amidine groups is 1. The largest absolute Gasteiger partial charge is 0.342 e. The third kappa shape index (κ3) is 4.68. The van der Waals surface area contributed by atoms with Crippen LogP contribution in [0.1, 0.15) is 11.1 Å². The number of benzene rings is 3. The van der Waals surface area contributed by atoms with Gasteiger partial charge in [0.25, 0.3) is 5.91 Å². The zero-order chi connectivity index (χ0) is 23.8. The quantitative estimate of drug-likeness (QED) is 0.233. The molecule has 0 aliphatic carbocycles. The second-order valence-corrected chi connectivity index (χ2v) is 10.6. The predicted octanol–water partition coefficient (Wildman–Crippen LogP) is 7.99. The number of likely N-dealkylation sites (N-methyl/N-ethyl adjacent to an activating group) is 1. The predicted molar refractivity (Wildman–Crippen MR) is 147 cm³/mol. The number of thioether (sulfide) groups is 1. The molecule has 3 aromatic carbocycles. The minimum atomic E-state index is -0.0947. The highest BCUT2D eigenvalue weighted by molar-refractivity contribution is 9.10. The molecule has 0 radical (unpaired) electrons. The van der Waals surface area contributed by atoms with Crippen molar-refractivity contribution in [2.75, 3.05) is 7.05 Å². The van der Waals surface area contributed by atoms with Crippen LogP contribution >= 0.6 is 50.9 Å². The molecule has 1 aliphatic rings. The van der Waals surface area contributed by atoms with Crippen LogP contribution in [0.25, 0.3) is 17.0 Å². The van der Waals surface area contributed by atoms with Crippen LogP contribution in [-0.4, -0.2) is 27.6 Å². The lowest BCUT2D eigenvalue weighted by molar-refractivity contribution is -0.121. The smallest absolute Gasteiger partial charge is 0.266 e. The van der Waals surface area contributed by atoms with Gasteiger partial charge in [0.2, 0.25) is 0 Å². The summed E-state index contributed by atoms with van der Waals surface area (Å²) in [7, 11) is 1.72. The maximum atomic E-state index is 13.0. The average Bonchev–Trinajstić information content (AvgIpc) is 3.28. The summed E-state index contributed by atoms with van der Waals surface area (Å²) in [6.07, 6.45) is 4.04. The first-order valence-electron chi connectivity index (χ1n) is 10.4. The summed E-state index contributed by atoms with van der Waals surface area (Å²) in [5.74, 6) is -0.0947. The maximum Gasteiger partial charge on any atom is 0.266 e.